The molecule has 3 amide bonds. The van der Waals surface area contributed by atoms with Gasteiger partial charge < -0.3 is 25.0 Å². The molecule has 196 valence electrons. The molecule has 2 unspecified atom stereocenters. The molecule has 0 aromatic heterocycles. The number of carbonyl (C=O) groups excluding carboxylic acids is 4. The normalized spacial score (nSPS) is 13.5. The van der Waals surface area contributed by atoms with Gasteiger partial charge in [0.05, 0.1) is 7.11 Å². The van der Waals surface area contributed by atoms with Crippen LogP contribution < -0.4 is 10.6 Å². The van der Waals surface area contributed by atoms with Crippen LogP contribution in [-0.4, -0.2) is 59.6 Å². The summed E-state index contributed by atoms with van der Waals surface area (Å²) in [4.78, 5) is 53.1. The van der Waals surface area contributed by atoms with E-state index in [-0.39, 0.29) is 12.5 Å². The van der Waals surface area contributed by atoms with Crippen molar-refractivity contribution in [2.24, 2.45) is 5.92 Å². The predicted molar refractivity (Wildman–Crippen MR) is 134 cm³/mol. The third kappa shape index (κ3) is 9.22. The zero-order chi connectivity index (χ0) is 27.1. The third-order valence-electron chi connectivity index (χ3n) is 5.10. The number of esters is 1. The highest BCUT2D eigenvalue weighted by atomic mass is 16.6. The number of alkyl carbamates (subject to hydrolysis) is 1. The molecular formula is C26H41N3O6. The van der Waals surface area contributed by atoms with E-state index in [9.17, 15) is 19.2 Å². The highest BCUT2D eigenvalue weighted by Crippen LogP contribution is 2.31. The smallest absolute Gasteiger partial charge is 0.408 e. The van der Waals surface area contributed by atoms with E-state index in [2.05, 4.69) is 15.4 Å². The first-order chi connectivity index (χ1) is 16.0. The van der Waals surface area contributed by atoms with Gasteiger partial charge >= 0.3 is 12.1 Å². The van der Waals surface area contributed by atoms with Crippen LogP contribution in [0.25, 0.3) is 0 Å². The largest absolute Gasteiger partial charge is 0.468 e. The molecule has 1 rings (SSSR count). The molecule has 0 radical (unpaired) electrons. The Morgan fingerprint density at radius 3 is 1.94 bits per heavy atom. The Bertz CT molecular complexity index is 897. The van der Waals surface area contributed by atoms with Crippen LogP contribution in [0.15, 0.2) is 24.3 Å². The molecule has 9 nitrogen and oxygen atoms in total. The number of rotatable bonds is 8. The van der Waals surface area contributed by atoms with Gasteiger partial charge in [-0.2, -0.15) is 0 Å². The maximum Gasteiger partial charge on any atom is 0.408 e. The molecule has 0 fully saturated rings. The van der Waals surface area contributed by atoms with E-state index >= 15 is 0 Å². The summed E-state index contributed by atoms with van der Waals surface area (Å²) < 4.78 is 10.0. The van der Waals surface area contributed by atoms with Crippen molar-refractivity contribution in [2.45, 2.75) is 85.5 Å². The number of ether oxygens (including phenoxy) is 2. The molecule has 35 heavy (non-hydrogen) atoms. The molecule has 0 heterocycles. The molecule has 2 atom stereocenters. The standard InChI is InChI=1S/C26H41N3O6/c1-16(2)20(28-24(33)35-26(7,8)9)23(32)29(25(4,5)6)21(18-13-11-17(3)12-14-18)22(31)27-15-19(30)34-10/h11-14,16,20-21H,15H2,1-10H3,(H,27,31)(H,28,33). The Labute approximate surface area is 208 Å². The Kier molecular flexibility index (Phi) is 10.3. The van der Waals surface area contributed by atoms with Gasteiger partial charge in [0.15, 0.2) is 0 Å². The van der Waals surface area contributed by atoms with Gasteiger partial charge in [0, 0.05) is 5.54 Å². The van der Waals surface area contributed by atoms with E-state index in [1.54, 1.807) is 46.8 Å². The van der Waals surface area contributed by atoms with Crippen molar-refractivity contribution in [1.82, 2.24) is 15.5 Å². The molecule has 1 aromatic rings. The molecule has 2 N–H and O–H groups in total. The lowest BCUT2D eigenvalue weighted by molar-refractivity contribution is -0.150. The second kappa shape index (κ2) is 12.0. The van der Waals surface area contributed by atoms with Crippen LogP contribution in [-0.2, 0) is 23.9 Å². The number of nitrogens with one attached hydrogen (secondary N) is 2. The number of hydrogen-bond donors (Lipinski definition) is 2. The van der Waals surface area contributed by atoms with Crippen LogP contribution in [0.2, 0.25) is 0 Å². The van der Waals surface area contributed by atoms with E-state index < -0.39 is 47.1 Å². The summed E-state index contributed by atoms with van der Waals surface area (Å²) >= 11 is 0. The van der Waals surface area contributed by atoms with Crippen molar-refractivity contribution < 1.29 is 28.7 Å². The Morgan fingerprint density at radius 2 is 1.51 bits per heavy atom. The Morgan fingerprint density at radius 1 is 0.971 bits per heavy atom. The number of hydrogen-bond acceptors (Lipinski definition) is 6. The minimum Gasteiger partial charge on any atom is -0.468 e. The molecule has 1 aromatic carbocycles. The summed E-state index contributed by atoms with van der Waals surface area (Å²) in [5.74, 6) is -1.89. The Balaban J connectivity index is 3.51. The van der Waals surface area contributed by atoms with Gasteiger partial charge in [-0.15, -0.1) is 0 Å². The second-order valence-corrected chi connectivity index (χ2v) is 10.9. The maximum absolute atomic E-state index is 14.0. The van der Waals surface area contributed by atoms with Crippen molar-refractivity contribution in [3.8, 4) is 0 Å². The van der Waals surface area contributed by atoms with Crippen molar-refractivity contribution >= 4 is 23.9 Å². The second-order valence-electron chi connectivity index (χ2n) is 10.9. The SMILES string of the molecule is COC(=O)CNC(=O)C(c1ccc(C)cc1)N(C(=O)C(NC(=O)OC(C)(C)C)C(C)C)C(C)(C)C. The zero-order valence-corrected chi connectivity index (χ0v) is 22.6. The molecule has 9 heteroatoms. The molecule has 0 bridgehead atoms. The molecule has 0 aliphatic rings. The molecule has 0 saturated heterocycles. The monoisotopic (exact) mass is 491 g/mol. The number of nitrogens with zero attached hydrogens (tertiary/aromatic N) is 1. The van der Waals surface area contributed by atoms with Gasteiger partial charge in [0.25, 0.3) is 0 Å². The fourth-order valence-electron chi connectivity index (χ4n) is 3.44. The molecule has 0 aliphatic heterocycles. The van der Waals surface area contributed by atoms with Gasteiger partial charge in [-0.25, -0.2) is 4.79 Å². The van der Waals surface area contributed by atoms with Gasteiger partial charge in [-0.05, 0) is 59.9 Å². The van der Waals surface area contributed by atoms with Crippen molar-refractivity contribution in [3.63, 3.8) is 0 Å². The number of aryl methyl sites for hydroxylation is 1. The van der Waals surface area contributed by atoms with Crippen LogP contribution in [0.4, 0.5) is 4.79 Å². The van der Waals surface area contributed by atoms with Crippen molar-refractivity contribution in [1.29, 1.82) is 0 Å². The number of methoxy groups -OCH3 is 1. The van der Waals surface area contributed by atoms with Gasteiger partial charge in [0.1, 0.15) is 24.2 Å². The van der Waals surface area contributed by atoms with E-state index in [0.717, 1.165) is 5.56 Å². The predicted octanol–water partition coefficient (Wildman–Crippen LogP) is 3.50. The summed E-state index contributed by atoms with van der Waals surface area (Å²) in [7, 11) is 1.23. The van der Waals surface area contributed by atoms with Crippen LogP contribution in [0, 0.1) is 12.8 Å². The van der Waals surface area contributed by atoms with Crippen LogP contribution >= 0.6 is 0 Å². The van der Waals surface area contributed by atoms with Crippen LogP contribution in [0.5, 0.6) is 0 Å². The van der Waals surface area contributed by atoms with E-state index in [0.29, 0.717) is 5.56 Å². The van der Waals surface area contributed by atoms with Crippen LogP contribution in [0.1, 0.15) is 72.6 Å². The topological polar surface area (TPSA) is 114 Å². The minimum atomic E-state index is -1.06. The van der Waals surface area contributed by atoms with Gasteiger partial charge in [-0.3, -0.25) is 14.4 Å². The summed E-state index contributed by atoms with van der Waals surface area (Å²) in [6.45, 7) is 15.8. The van der Waals surface area contributed by atoms with Crippen molar-refractivity contribution in [3.05, 3.63) is 35.4 Å². The first-order valence-corrected chi connectivity index (χ1v) is 11.7. The molecular weight excluding hydrogens is 450 g/mol. The zero-order valence-electron chi connectivity index (χ0n) is 22.6. The van der Waals surface area contributed by atoms with E-state index in [1.807, 2.05) is 39.8 Å². The van der Waals surface area contributed by atoms with Crippen LogP contribution in [0.3, 0.4) is 0 Å². The lowest BCUT2D eigenvalue weighted by Crippen LogP contribution is -2.60. The first-order valence-electron chi connectivity index (χ1n) is 11.7. The Hall–Kier alpha value is -3.10. The summed E-state index contributed by atoms with van der Waals surface area (Å²) in [5.41, 5.74) is -0.00189. The average molecular weight is 492 g/mol. The third-order valence-corrected chi connectivity index (χ3v) is 5.10. The first kappa shape index (κ1) is 29.9. The van der Waals surface area contributed by atoms with Crippen molar-refractivity contribution in [2.75, 3.05) is 13.7 Å². The van der Waals surface area contributed by atoms with E-state index in [1.165, 1.54) is 12.0 Å². The number of benzene rings is 1. The number of amides is 3. The lowest BCUT2D eigenvalue weighted by atomic mass is 9.93. The highest BCUT2D eigenvalue weighted by Gasteiger charge is 2.42. The minimum absolute atomic E-state index is 0.295. The fraction of sp³-hybridized carbons (Fsp3) is 0.615. The van der Waals surface area contributed by atoms with Gasteiger partial charge in [0.2, 0.25) is 11.8 Å². The lowest BCUT2D eigenvalue weighted by Gasteiger charge is -2.43. The average Bonchev–Trinajstić information content (AvgIpc) is 2.71. The van der Waals surface area contributed by atoms with Gasteiger partial charge in [-0.1, -0.05) is 43.7 Å². The summed E-state index contributed by atoms with van der Waals surface area (Å²) in [6.07, 6.45) is -0.722. The van der Waals surface area contributed by atoms with E-state index in [4.69, 9.17) is 4.74 Å². The molecule has 0 saturated carbocycles. The fourth-order valence-corrected chi connectivity index (χ4v) is 3.44. The highest BCUT2D eigenvalue weighted by molar-refractivity contribution is 5.93. The quantitative estimate of drug-likeness (QED) is 0.538. The molecule has 0 aliphatic carbocycles. The summed E-state index contributed by atoms with van der Waals surface area (Å²) in [6, 6.07) is 5.23. The molecule has 0 spiro atoms. The maximum atomic E-state index is 14.0. The number of carbonyl (C=O) groups is 4. The summed E-state index contributed by atoms with van der Waals surface area (Å²) in [5, 5.41) is 5.26.